The van der Waals surface area contributed by atoms with Gasteiger partial charge in [0.2, 0.25) is 11.9 Å². The summed E-state index contributed by atoms with van der Waals surface area (Å²) in [4.78, 5) is 31.6. The Balaban J connectivity index is 2.29. The number of nitrogens with two attached hydrogens (primary N) is 2. The number of carbonyl (C=O) groups excluding carboxylic acids is 2. The zero-order valence-corrected chi connectivity index (χ0v) is 15.2. The number of nitrogens with zero attached hydrogens (tertiary/aromatic N) is 2. The van der Waals surface area contributed by atoms with Crippen molar-refractivity contribution in [2.45, 2.75) is 33.2 Å². The molecule has 2 amide bonds. The van der Waals surface area contributed by atoms with E-state index >= 15 is 0 Å². The molecule has 0 aliphatic rings. The first-order chi connectivity index (χ1) is 11.8. The number of anilines is 3. The predicted molar refractivity (Wildman–Crippen MR) is 98.9 cm³/mol. The fraction of sp³-hybridized carbons (Fsp3) is 0.375. The molecule has 134 valence electrons. The highest BCUT2D eigenvalue weighted by Gasteiger charge is 2.19. The van der Waals surface area contributed by atoms with Crippen LogP contribution in [0.15, 0.2) is 17.6 Å². The summed E-state index contributed by atoms with van der Waals surface area (Å²) < 4.78 is 0. The van der Waals surface area contributed by atoms with E-state index < -0.39 is 17.9 Å². The predicted octanol–water partition coefficient (Wildman–Crippen LogP) is 2.00. The van der Waals surface area contributed by atoms with Crippen molar-refractivity contribution in [1.29, 1.82) is 0 Å². The number of hydrogen-bond donors (Lipinski definition) is 4. The van der Waals surface area contributed by atoms with Crippen LogP contribution in [-0.4, -0.2) is 27.8 Å². The van der Waals surface area contributed by atoms with Gasteiger partial charge in [0.05, 0.1) is 5.00 Å². The van der Waals surface area contributed by atoms with Gasteiger partial charge in [-0.15, -0.1) is 11.3 Å². The number of aromatic nitrogens is 2. The Kier molecular flexibility index (Phi) is 5.92. The maximum Gasteiger partial charge on any atom is 0.254 e. The highest BCUT2D eigenvalue weighted by Crippen LogP contribution is 2.25. The van der Waals surface area contributed by atoms with Gasteiger partial charge in [-0.25, -0.2) is 4.98 Å². The summed E-state index contributed by atoms with van der Waals surface area (Å²) in [7, 11) is 0. The van der Waals surface area contributed by atoms with Crippen molar-refractivity contribution in [3.8, 4) is 0 Å². The molecule has 0 aliphatic heterocycles. The summed E-state index contributed by atoms with van der Waals surface area (Å²) in [6.07, 6.45) is 1.87. The topological polar surface area (TPSA) is 136 Å². The quantitative estimate of drug-likeness (QED) is 0.567. The molecule has 0 aliphatic carbocycles. The largest absolute Gasteiger partial charge is 0.368 e. The molecule has 1 unspecified atom stereocenters. The lowest BCUT2D eigenvalue weighted by Gasteiger charge is -2.18. The van der Waals surface area contributed by atoms with E-state index in [-0.39, 0.29) is 23.2 Å². The zero-order valence-electron chi connectivity index (χ0n) is 14.4. The van der Waals surface area contributed by atoms with Crippen molar-refractivity contribution in [3.63, 3.8) is 0 Å². The van der Waals surface area contributed by atoms with Crippen LogP contribution in [0.1, 0.15) is 36.2 Å². The average molecular weight is 362 g/mol. The molecule has 9 heteroatoms. The fourth-order valence-corrected chi connectivity index (χ4v) is 3.00. The smallest absolute Gasteiger partial charge is 0.254 e. The standard InChI is InChI=1S/C16H22N6O2S/c1-8(2)4-11(14(18)24)20-16-19-6-10(13(17)23)15(22-16)21-12-5-9(3)7-25-12/h5-8,11H,4H2,1-3H3,(H2,17,23)(H2,18,24)(H2,19,20,21,22). The second-order valence-electron chi connectivity index (χ2n) is 6.16. The highest BCUT2D eigenvalue weighted by atomic mass is 32.1. The van der Waals surface area contributed by atoms with Crippen molar-refractivity contribution >= 4 is 39.9 Å². The fourth-order valence-electron chi connectivity index (χ4n) is 2.21. The first-order valence-corrected chi connectivity index (χ1v) is 8.69. The molecule has 2 heterocycles. The van der Waals surface area contributed by atoms with Crippen molar-refractivity contribution in [3.05, 3.63) is 28.8 Å². The third kappa shape index (κ3) is 5.15. The molecule has 2 aromatic heterocycles. The first-order valence-electron chi connectivity index (χ1n) is 7.81. The minimum absolute atomic E-state index is 0.163. The number of aryl methyl sites for hydroxylation is 1. The summed E-state index contributed by atoms with van der Waals surface area (Å²) >= 11 is 1.48. The second kappa shape index (κ2) is 7.93. The lowest BCUT2D eigenvalue weighted by molar-refractivity contribution is -0.119. The molecular formula is C16H22N6O2S. The van der Waals surface area contributed by atoms with Crippen molar-refractivity contribution < 1.29 is 9.59 Å². The Bertz CT molecular complexity index is 774. The Morgan fingerprint density at radius 1 is 1.32 bits per heavy atom. The van der Waals surface area contributed by atoms with E-state index in [0.717, 1.165) is 10.6 Å². The van der Waals surface area contributed by atoms with Gasteiger partial charge in [0.25, 0.3) is 5.91 Å². The Morgan fingerprint density at radius 2 is 2.04 bits per heavy atom. The van der Waals surface area contributed by atoms with Gasteiger partial charge in [-0.1, -0.05) is 13.8 Å². The van der Waals surface area contributed by atoms with Gasteiger partial charge >= 0.3 is 0 Å². The van der Waals surface area contributed by atoms with E-state index in [1.54, 1.807) is 0 Å². The van der Waals surface area contributed by atoms with Crippen molar-refractivity contribution in [1.82, 2.24) is 9.97 Å². The Labute approximate surface area is 150 Å². The van der Waals surface area contributed by atoms with Crippen LogP contribution >= 0.6 is 11.3 Å². The molecule has 25 heavy (non-hydrogen) atoms. The third-order valence-electron chi connectivity index (χ3n) is 3.38. The van der Waals surface area contributed by atoms with Crippen LogP contribution in [-0.2, 0) is 4.79 Å². The van der Waals surface area contributed by atoms with E-state index in [1.165, 1.54) is 17.5 Å². The molecule has 8 nitrogen and oxygen atoms in total. The van der Waals surface area contributed by atoms with Crippen LogP contribution in [0.2, 0.25) is 0 Å². The lowest BCUT2D eigenvalue weighted by atomic mass is 10.0. The Hall–Kier alpha value is -2.68. The molecular weight excluding hydrogens is 340 g/mol. The summed E-state index contributed by atoms with van der Waals surface area (Å²) in [5.74, 6) is -0.387. The van der Waals surface area contributed by atoms with Crippen molar-refractivity contribution in [2.75, 3.05) is 10.6 Å². The molecule has 0 fully saturated rings. The first kappa shape index (κ1) is 18.7. The van der Waals surface area contributed by atoms with Gasteiger partial charge < -0.3 is 22.1 Å². The number of nitrogens with one attached hydrogen (secondary N) is 2. The maximum absolute atomic E-state index is 11.6. The minimum Gasteiger partial charge on any atom is -0.368 e. The molecule has 0 spiro atoms. The average Bonchev–Trinajstić information content (AvgIpc) is 2.91. The van der Waals surface area contributed by atoms with E-state index in [2.05, 4.69) is 20.6 Å². The van der Waals surface area contributed by atoms with E-state index in [1.807, 2.05) is 32.2 Å². The van der Waals surface area contributed by atoms with E-state index in [0.29, 0.717) is 6.42 Å². The Morgan fingerprint density at radius 3 is 2.56 bits per heavy atom. The monoisotopic (exact) mass is 362 g/mol. The molecule has 2 rings (SSSR count). The van der Waals surface area contributed by atoms with Crippen LogP contribution < -0.4 is 22.1 Å². The van der Waals surface area contributed by atoms with Crippen LogP contribution in [0.4, 0.5) is 16.8 Å². The zero-order chi connectivity index (χ0) is 18.6. The van der Waals surface area contributed by atoms with Crippen molar-refractivity contribution in [2.24, 2.45) is 17.4 Å². The maximum atomic E-state index is 11.6. The minimum atomic E-state index is -0.643. The molecule has 0 aromatic carbocycles. The molecule has 0 saturated heterocycles. The lowest BCUT2D eigenvalue weighted by Crippen LogP contribution is -2.37. The van der Waals surface area contributed by atoms with Crippen LogP contribution in [0.5, 0.6) is 0 Å². The molecule has 1 atom stereocenters. The van der Waals surface area contributed by atoms with E-state index in [9.17, 15) is 9.59 Å². The molecule has 2 aromatic rings. The number of rotatable bonds is 8. The number of hydrogen-bond acceptors (Lipinski definition) is 7. The normalized spacial score (nSPS) is 12.0. The van der Waals surface area contributed by atoms with Gasteiger partial charge in [0.15, 0.2) is 0 Å². The van der Waals surface area contributed by atoms with E-state index in [4.69, 9.17) is 11.5 Å². The molecule has 0 bridgehead atoms. The van der Waals surface area contributed by atoms with Crippen LogP contribution in [0.25, 0.3) is 0 Å². The number of carbonyl (C=O) groups is 2. The number of thiophene rings is 1. The van der Waals surface area contributed by atoms with Crippen LogP contribution in [0, 0.1) is 12.8 Å². The molecule has 6 N–H and O–H groups in total. The van der Waals surface area contributed by atoms with Gasteiger partial charge in [0, 0.05) is 6.20 Å². The van der Waals surface area contributed by atoms with Crippen LogP contribution in [0.3, 0.4) is 0 Å². The summed E-state index contributed by atoms with van der Waals surface area (Å²) in [5.41, 5.74) is 12.1. The third-order valence-corrected chi connectivity index (χ3v) is 4.34. The second-order valence-corrected chi connectivity index (χ2v) is 7.07. The van der Waals surface area contributed by atoms with Gasteiger partial charge in [-0.2, -0.15) is 4.98 Å². The molecule has 0 radical (unpaired) electrons. The number of amides is 2. The number of primary amides is 2. The van der Waals surface area contributed by atoms with Gasteiger partial charge in [-0.05, 0) is 36.3 Å². The highest BCUT2D eigenvalue weighted by molar-refractivity contribution is 7.14. The van der Waals surface area contributed by atoms with Gasteiger partial charge in [0.1, 0.15) is 17.4 Å². The molecule has 0 saturated carbocycles. The SMILES string of the molecule is Cc1csc(Nc2nc(NC(CC(C)C)C(N)=O)ncc2C(N)=O)c1. The summed E-state index contributed by atoms with van der Waals surface area (Å²) in [6, 6.07) is 1.33. The van der Waals surface area contributed by atoms with Gasteiger partial charge in [-0.3, -0.25) is 9.59 Å². The summed E-state index contributed by atoms with van der Waals surface area (Å²) in [6.45, 7) is 5.94. The summed E-state index contributed by atoms with van der Waals surface area (Å²) in [5, 5.41) is 8.78.